The second-order valence-corrected chi connectivity index (χ2v) is 4.39. The third-order valence-electron chi connectivity index (χ3n) is 3.46. The number of hydrogen-bond donors (Lipinski definition) is 1. The summed E-state index contributed by atoms with van der Waals surface area (Å²) in [4.78, 5) is 0. The Hall–Kier alpha value is -1.16. The van der Waals surface area contributed by atoms with Gasteiger partial charge in [-0.1, -0.05) is 6.07 Å². The Labute approximate surface area is 93.4 Å². The van der Waals surface area contributed by atoms with Crippen LogP contribution in [0.3, 0.4) is 0 Å². The number of rotatable bonds is 3. The van der Waals surface area contributed by atoms with E-state index in [2.05, 4.69) is 0 Å². The van der Waals surface area contributed by atoms with Crippen molar-refractivity contribution in [2.75, 3.05) is 7.11 Å². The van der Waals surface area contributed by atoms with Gasteiger partial charge in [0.05, 0.1) is 7.11 Å². The van der Waals surface area contributed by atoms with Gasteiger partial charge in [0, 0.05) is 11.5 Å². The molecule has 0 heterocycles. The van der Waals surface area contributed by atoms with Crippen LogP contribution in [-0.2, 0) is 5.41 Å². The summed E-state index contributed by atoms with van der Waals surface area (Å²) >= 11 is 0. The smallest absolute Gasteiger partial charge is 0.200 e. The van der Waals surface area contributed by atoms with Crippen LogP contribution in [0.5, 0.6) is 5.75 Å². The van der Waals surface area contributed by atoms with Gasteiger partial charge in [-0.15, -0.1) is 0 Å². The van der Waals surface area contributed by atoms with Gasteiger partial charge in [-0.2, -0.15) is 4.39 Å². The Kier molecular flexibility index (Phi) is 2.62. The average Bonchev–Trinajstić information content (AvgIpc) is 3.03. The molecule has 0 amide bonds. The zero-order chi connectivity index (χ0) is 11.9. The van der Waals surface area contributed by atoms with Crippen LogP contribution in [0.1, 0.15) is 25.3 Å². The van der Waals surface area contributed by atoms with Crippen molar-refractivity contribution in [1.82, 2.24) is 0 Å². The lowest BCUT2D eigenvalue weighted by Gasteiger charge is -2.21. The van der Waals surface area contributed by atoms with Gasteiger partial charge < -0.3 is 10.5 Å². The zero-order valence-corrected chi connectivity index (χ0v) is 9.39. The molecule has 88 valence electrons. The molecule has 0 saturated heterocycles. The first-order chi connectivity index (χ1) is 7.53. The van der Waals surface area contributed by atoms with E-state index in [1.165, 1.54) is 13.2 Å². The lowest BCUT2D eigenvalue weighted by molar-refractivity contribution is 0.366. The van der Waals surface area contributed by atoms with Crippen molar-refractivity contribution in [1.29, 1.82) is 0 Å². The molecular formula is C12H15F2NO. The fraction of sp³-hybridized carbons (Fsp3) is 0.500. The minimum absolute atomic E-state index is 0.0678. The first kappa shape index (κ1) is 11.3. The predicted octanol–water partition coefficient (Wildman–Crippen LogP) is 2.35. The maximum absolute atomic E-state index is 13.8. The molecule has 2 N–H and O–H groups in total. The van der Waals surface area contributed by atoms with Crippen molar-refractivity contribution in [2.45, 2.75) is 31.2 Å². The number of hydrogen-bond acceptors (Lipinski definition) is 2. The van der Waals surface area contributed by atoms with E-state index in [1.807, 2.05) is 6.92 Å². The highest BCUT2D eigenvalue weighted by atomic mass is 19.2. The maximum Gasteiger partial charge on any atom is 0.200 e. The van der Waals surface area contributed by atoms with Crippen molar-refractivity contribution in [3.8, 4) is 5.75 Å². The molecule has 1 unspecified atom stereocenters. The average molecular weight is 227 g/mol. The molecule has 2 nitrogen and oxygen atoms in total. The van der Waals surface area contributed by atoms with E-state index >= 15 is 0 Å². The van der Waals surface area contributed by atoms with Gasteiger partial charge in [-0.05, 0) is 31.4 Å². The van der Waals surface area contributed by atoms with Crippen LogP contribution in [-0.4, -0.2) is 13.2 Å². The molecule has 0 spiro atoms. The molecule has 1 fully saturated rings. The molecule has 1 atom stereocenters. The van der Waals surface area contributed by atoms with Crippen LogP contribution in [0.4, 0.5) is 8.78 Å². The zero-order valence-electron chi connectivity index (χ0n) is 9.39. The predicted molar refractivity (Wildman–Crippen MR) is 57.5 cm³/mol. The number of halogens is 2. The normalized spacial score (nSPS) is 19.3. The van der Waals surface area contributed by atoms with Crippen molar-refractivity contribution in [3.05, 3.63) is 29.3 Å². The van der Waals surface area contributed by atoms with E-state index in [0.29, 0.717) is 5.56 Å². The molecule has 1 aliphatic rings. The highest BCUT2D eigenvalue weighted by Crippen LogP contribution is 2.51. The monoisotopic (exact) mass is 227 g/mol. The quantitative estimate of drug-likeness (QED) is 0.860. The Balaban J connectivity index is 2.48. The summed E-state index contributed by atoms with van der Waals surface area (Å²) in [5, 5.41) is 0. The molecule has 16 heavy (non-hydrogen) atoms. The van der Waals surface area contributed by atoms with E-state index < -0.39 is 11.6 Å². The van der Waals surface area contributed by atoms with Gasteiger partial charge in [0.25, 0.3) is 0 Å². The van der Waals surface area contributed by atoms with Crippen LogP contribution < -0.4 is 10.5 Å². The summed E-state index contributed by atoms with van der Waals surface area (Å²) in [6.45, 7) is 1.83. The van der Waals surface area contributed by atoms with Crippen molar-refractivity contribution in [2.24, 2.45) is 5.73 Å². The molecule has 1 aromatic carbocycles. The maximum atomic E-state index is 13.8. The summed E-state index contributed by atoms with van der Waals surface area (Å²) in [7, 11) is 1.32. The summed E-state index contributed by atoms with van der Waals surface area (Å²) in [6, 6.07) is 2.86. The molecule has 2 rings (SSSR count). The fourth-order valence-electron chi connectivity index (χ4n) is 2.18. The summed E-state index contributed by atoms with van der Waals surface area (Å²) < 4.78 is 32.1. The SMILES string of the molecule is COc1ccc(C2(C(C)N)CC2)c(F)c1F. The number of nitrogens with two attached hydrogens (primary N) is 1. The van der Waals surface area contributed by atoms with Gasteiger partial charge in [0.15, 0.2) is 11.6 Å². The number of ether oxygens (including phenoxy) is 1. The van der Waals surface area contributed by atoms with Crippen molar-refractivity contribution < 1.29 is 13.5 Å². The Morgan fingerprint density at radius 2 is 1.94 bits per heavy atom. The minimum atomic E-state index is -0.924. The fourth-order valence-corrected chi connectivity index (χ4v) is 2.18. The van der Waals surface area contributed by atoms with Crippen LogP contribution >= 0.6 is 0 Å². The van der Waals surface area contributed by atoms with Gasteiger partial charge in [0.1, 0.15) is 0 Å². The minimum Gasteiger partial charge on any atom is -0.494 e. The Morgan fingerprint density at radius 3 is 2.38 bits per heavy atom. The standard InChI is InChI=1S/C12H15F2NO/c1-7(15)12(5-6-12)8-3-4-9(16-2)11(14)10(8)13/h3-4,7H,5-6,15H2,1-2H3. The highest BCUT2D eigenvalue weighted by molar-refractivity contribution is 5.40. The first-order valence-electron chi connectivity index (χ1n) is 5.31. The summed E-state index contributed by atoms with van der Waals surface area (Å²) in [5.41, 5.74) is 5.83. The van der Waals surface area contributed by atoms with Crippen LogP contribution in [0, 0.1) is 11.6 Å². The van der Waals surface area contributed by atoms with Crippen LogP contribution in [0.15, 0.2) is 12.1 Å². The molecule has 1 aromatic rings. The third-order valence-corrected chi connectivity index (χ3v) is 3.46. The largest absolute Gasteiger partial charge is 0.494 e. The van der Waals surface area contributed by atoms with Gasteiger partial charge in [0.2, 0.25) is 5.82 Å². The van der Waals surface area contributed by atoms with Crippen molar-refractivity contribution in [3.63, 3.8) is 0 Å². The molecule has 0 bridgehead atoms. The van der Waals surface area contributed by atoms with E-state index in [-0.39, 0.29) is 17.2 Å². The van der Waals surface area contributed by atoms with E-state index in [4.69, 9.17) is 10.5 Å². The third kappa shape index (κ3) is 1.48. The van der Waals surface area contributed by atoms with E-state index in [0.717, 1.165) is 12.8 Å². The van der Waals surface area contributed by atoms with Gasteiger partial charge in [-0.25, -0.2) is 4.39 Å². The second-order valence-electron chi connectivity index (χ2n) is 4.39. The Morgan fingerprint density at radius 1 is 1.31 bits per heavy atom. The molecule has 0 aromatic heterocycles. The highest BCUT2D eigenvalue weighted by Gasteiger charge is 2.49. The number of benzene rings is 1. The topological polar surface area (TPSA) is 35.2 Å². The lowest BCUT2D eigenvalue weighted by atomic mass is 9.89. The van der Waals surface area contributed by atoms with Gasteiger partial charge >= 0.3 is 0 Å². The molecule has 0 radical (unpaired) electrons. The van der Waals surface area contributed by atoms with E-state index in [1.54, 1.807) is 6.07 Å². The van der Waals surface area contributed by atoms with Gasteiger partial charge in [-0.3, -0.25) is 0 Å². The van der Waals surface area contributed by atoms with Crippen molar-refractivity contribution >= 4 is 0 Å². The molecule has 4 heteroatoms. The molecule has 0 aliphatic heterocycles. The molecular weight excluding hydrogens is 212 g/mol. The molecule has 1 aliphatic carbocycles. The van der Waals surface area contributed by atoms with Crippen LogP contribution in [0.2, 0.25) is 0 Å². The summed E-state index contributed by atoms with van der Waals surface area (Å²) in [5.74, 6) is -1.82. The first-order valence-corrected chi connectivity index (χ1v) is 5.31. The molecule has 1 saturated carbocycles. The number of methoxy groups -OCH3 is 1. The van der Waals surface area contributed by atoms with Crippen LogP contribution in [0.25, 0.3) is 0 Å². The summed E-state index contributed by atoms with van der Waals surface area (Å²) in [6.07, 6.45) is 1.63. The lowest BCUT2D eigenvalue weighted by Crippen LogP contribution is -2.32. The second kappa shape index (κ2) is 3.70. The van der Waals surface area contributed by atoms with E-state index in [9.17, 15) is 8.78 Å². The Bertz CT molecular complexity index is 414.